The van der Waals surface area contributed by atoms with Crippen LogP contribution < -0.4 is 0 Å². The van der Waals surface area contributed by atoms with E-state index in [0.717, 1.165) is 37.2 Å². The summed E-state index contributed by atoms with van der Waals surface area (Å²) in [7, 11) is 0. The monoisotopic (exact) mass is 501 g/mol. The van der Waals surface area contributed by atoms with Crippen LogP contribution in [0.15, 0.2) is 68.6 Å². The SMILES string of the molecule is Oc1c(Br)cc(Br)cc1C=NN1CCN(Cc2cccc3ccccc23)CC1. The molecule has 1 fully saturated rings. The molecule has 3 aromatic carbocycles. The number of fused-ring (bicyclic) bond motifs is 1. The first-order valence-corrected chi connectivity index (χ1v) is 10.8. The van der Waals surface area contributed by atoms with Crippen LogP contribution in [-0.2, 0) is 6.54 Å². The molecule has 0 aromatic heterocycles. The van der Waals surface area contributed by atoms with Crippen molar-refractivity contribution in [1.29, 1.82) is 0 Å². The fourth-order valence-electron chi connectivity index (χ4n) is 3.51. The van der Waals surface area contributed by atoms with E-state index in [1.807, 2.05) is 12.1 Å². The minimum Gasteiger partial charge on any atom is -0.506 e. The van der Waals surface area contributed by atoms with Crippen LogP contribution in [0.1, 0.15) is 11.1 Å². The lowest BCUT2D eigenvalue weighted by atomic mass is 10.0. The van der Waals surface area contributed by atoms with Gasteiger partial charge < -0.3 is 5.11 Å². The average Bonchev–Trinajstić information content (AvgIpc) is 2.71. The minimum absolute atomic E-state index is 0.210. The number of aromatic hydroxyl groups is 1. The molecule has 6 heteroatoms. The first kappa shape index (κ1) is 19.4. The summed E-state index contributed by atoms with van der Waals surface area (Å²) in [5.41, 5.74) is 2.07. The molecule has 1 aliphatic rings. The molecule has 0 radical (unpaired) electrons. The summed E-state index contributed by atoms with van der Waals surface area (Å²) in [6.45, 7) is 4.64. The van der Waals surface area contributed by atoms with Gasteiger partial charge in [-0.15, -0.1) is 0 Å². The van der Waals surface area contributed by atoms with Crippen molar-refractivity contribution in [2.75, 3.05) is 26.2 Å². The van der Waals surface area contributed by atoms with Crippen molar-refractivity contribution in [3.8, 4) is 5.75 Å². The van der Waals surface area contributed by atoms with Crippen LogP contribution in [-0.4, -0.2) is 47.4 Å². The number of hydrogen-bond acceptors (Lipinski definition) is 4. The van der Waals surface area contributed by atoms with E-state index in [9.17, 15) is 5.11 Å². The van der Waals surface area contributed by atoms with Gasteiger partial charge in [0.05, 0.1) is 10.7 Å². The quantitative estimate of drug-likeness (QED) is 0.497. The summed E-state index contributed by atoms with van der Waals surface area (Å²) in [4.78, 5) is 2.47. The Morgan fingerprint density at radius 3 is 2.54 bits per heavy atom. The van der Waals surface area contributed by atoms with Crippen molar-refractivity contribution in [3.05, 3.63) is 74.7 Å². The summed E-state index contributed by atoms with van der Waals surface area (Å²) >= 11 is 6.80. The molecule has 1 saturated heterocycles. The van der Waals surface area contributed by atoms with Gasteiger partial charge in [-0.2, -0.15) is 5.10 Å². The topological polar surface area (TPSA) is 39.1 Å². The number of phenols is 1. The zero-order valence-corrected chi connectivity index (χ0v) is 18.5. The van der Waals surface area contributed by atoms with Crippen LogP contribution in [0, 0.1) is 0 Å². The van der Waals surface area contributed by atoms with Crippen molar-refractivity contribution < 1.29 is 5.11 Å². The molecular weight excluding hydrogens is 482 g/mol. The maximum absolute atomic E-state index is 10.2. The number of hydrogen-bond donors (Lipinski definition) is 1. The maximum Gasteiger partial charge on any atom is 0.138 e. The zero-order chi connectivity index (χ0) is 19.5. The van der Waals surface area contributed by atoms with E-state index < -0.39 is 0 Å². The van der Waals surface area contributed by atoms with E-state index in [4.69, 9.17) is 0 Å². The predicted molar refractivity (Wildman–Crippen MR) is 122 cm³/mol. The fourth-order valence-corrected chi connectivity index (χ4v) is 4.77. The highest BCUT2D eigenvalue weighted by Crippen LogP contribution is 2.30. The van der Waals surface area contributed by atoms with E-state index in [1.54, 1.807) is 6.21 Å². The van der Waals surface area contributed by atoms with Crippen LogP contribution in [0.3, 0.4) is 0 Å². The first-order valence-electron chi connectivity index (χ1n) is 9.26. The molecule has 0 atom stereocenters. The highest BCUT2D eigenvalue weighted by atomic mass is 79.9. The van der Waals surface area contributed by atoms with E-state index >= 15 is 0 Å². The predicted octanol–water partition coefficient (Wildman–Crippen LogP) is 5.22. The van der Waals surface area contributed by atoms with Gasteiger partial charge in [-0.25, -0.2) is 0 Å². The average molecular weight is 503 g/mol. The number of benzene rings is 3. The van der Waals surface area contributed by atoms with Crippen LogP contribution in [0.4, 0.5) is 0 Å². The third-order valence-corrected chi connectivity index (χ3v) is 6.10. The summed E-state index contributed by atoms with van der Waals surface area (Å²) in [5.74, 6) is 0.210. The van der Waals surface area contributed by atoms with Crippen LogP contribution in [0.2, 0.25) is 0 Å². The molecule has 1 heterocycles. The Hall–Kier alpha value is -1.89. The molecule has 144 valence electrons. The normalized spacial score (nSPS) is 15.6. The van der Waals surface area contributed by atoms with Gasteiger partial charge in [0.25, 0.3) is 0 Å². The summed E-state index contributed by atoms with van der Waals surface area (Å²) in [5, 5.41) is 19.4. The number of piperazine rings is 1. The molecule has 28 heavy (non-hydrogen) atoms. The second-order valence-electron chi connectivity index (χ2n) is 6.94. The molecule has 0 aliphatic carbocycles. The molecule has 0 saturated carbocycles. The standard InChI is InChI=1S/C22H21Br2N3O/c23-19-12-18(22(28)21(24)13-19)14-25-27-10-8-26(9-11-27)15-17-6-3-5-16-4-1-2-7-20(16)17/h1-7,12-14,28H,8-11,15H2. The molecule has 1 aliphatic heterocycles. The third kappa shape index (κ3) is 4.40. The van der Waals surface area contributed by atoms with E-state index in [0.29, 0.717) is 10.0 Å². The molecular formula is C22H21Br2N3O. The molecule has 4 rings (SSSR count). The number of phenolic OH excluding ortho intramolecular Hbond substituents is 1. The highest BCUT2D eigenvalue weighted by Gasteiger charge is 2.16. The Morgan fingerprint density at radius 2 is 1.71 bits per heavy atom. The summed E-state index contributed by atoms with van der Waals surface area (Å²) in [6, 6.07) is 18.8. The van der Waals surface area contributed by atoms with Gasteiger partial charge >= 0.3 is 0 Å². The van der Waals surface area contributed by atoms with Gasteiger partial charge in [0.15, 0.2) is 0 Å². The number of nitrogens with zero attached hydrogens (tertiary/aromatic N) is 3. The van der Waals surface area contributed by atoms with E-state index in [1.165, 1.54) is 16.3 Å². The van der Waals surface area contributed by atoms with Gasteiger partial charge in [0, 0.05) is 42.8 Å². The van der Waals surface area contributed by atoms with Gasteiger partial charge in [-0.05, 0) is 44.4 Å². The second-order valence-corrected chi connectivity index (χ2v) is 8.71. The lowest BCUT2D eigenvalue weighted by molar-refractivity contribution is 0.131. The summed E-state index contributed by atoms with van der Waals surface area (Å²) in [6.07, 6.45) is 1.73. The van der Waals surface area contributed by atoms with Crippen molar-refractivity contribution >= 4 is 48.8 Å². The van der Waals surface area contributed by atoms with Crippen LogP contribution in [0.25, 0.3) is 10.8 Å². The molecule has 4 nitrogen and oxygen atoms in total. The fraction of sp³-hybridized carbons (Fsp3) is 0.227. The molecule has 3 aromatic rings. The second kappa shape index (κ2) is 8.64. The van der Waals surface area contributed by atoms with Gasteiger partial charge in [-0.1, -0.05) is 58.4 Å². The van der Waals surface area contributed by atoms with Crippen molar-refractivity contribution in [2.45, 2.75) is 6.54 Å². The summed E-state index contributed by atoms with van der Waals surface area (Å²) < 4.78 is 1.56. The lowest BCUT2D eigenvalue weighted by Crippen LogP contribution is -2.43. The van der Waals surface area contributed by atoms with Crippen LogP contribution >= 0.6 is 31.9 Å². The van der Waals surface area contributed by atoms with Crippen molar-refractivity contribution in [2.24, 2.45) is 5.10 Å². The Balaban J connectivity index is 1.38. The van der Waals surface area contributed by atoms with Crippen LogP contribution in [0.5, 0.6) is 5.75 Å². The molecule has 0 unspecified atom stereocenters. The largest absolute Gasteiger partial charge is 0.506 e. The van der Waals surface area contributed by atoms with E-state index in [-0.39, 0.29) is 5.75 Å². The van der Waals surface area contributed by atoms with Crippen molar-refractivity contribution in [3.63, 3.8) is 0 Å². The zero-order valence-electron chi connectivity index (χ0n) is 15.4. The molecule has 0 bridgehead atoms. The maximum atomic E-state index is 10.2. The smallest absolute Gasteiger partial charge is 0.138 e. The van der Waals surface area contributed by atoms with Gasteiger partial charge in [0.2, 0.25) is 0 Å². The lowest BCUT2D eigenvalue weighted by Gasteiger charge is -2.33. The minimum atomic E-state index is 0.210. The number of halogens is 2. The Kier molecular flexibility index (Phi) is 5.99. The Bertz CT molecular complexity index is 1010. The Morgan fingerprint density at radius 1 is 0.964 bits per heavy atom. The molecule has 0 amide bonds. The van der Waals surface area contributed by atoms with Gasteiger partial charge in [0.1, 0.15) is 5.75 Å². The number of hydrazone groups is 1. The third-order valence-electron chi connectivity index (χ3n) is 5.04. The first-order chi connectivity index (χ1) is 13.6. The number of rotatable bonds is 4. The molecule has 1 N–H and O–H groups in total. The Labute approximate surface area is 181 Å². The van der Waals surface area contributed by atoms with Gasteiger partial charge in [-0.3, -0.25) is 9.91 Å². The van der Waals surface area contributed by atoms with E-state index in [2.05, 4.69) is 89.3 Å². The van der Waals surface area contributed by atoms with Crippen molar-refractivity contribution in [1.82, 2.24) is 9.91 Å². The highest BCUT2D eigenvalue weighted by molar-refractivity contribution is 9.11. The molecule has 0 spiro atoms.